The summed E-state index contributed by atoms with van der Waals surface area (Å²) in [5, 5.41) is 6.78. The van der Waals surface area contributed by atoms with Gasteiger partial charge in [0.25, 0.3) is 12.2 Å². The number of nitrogens with one attached hydrogen (secondary N) is 1. The van der Waals surface area contributed by atoms with E-state index in [0.717, 1.165) is 25.0 Å². The zero-order valence-electron chi connectivity index (χ0n) is 24.4. The lowest BCUT2D eigenvalue weighted by molar-refractivity contribution is -0.278. The van der Waals surface area contributed by atoms with Gasteiger partial charge in [-0.3, -0.25) is 24.0 Å². The molecule has 4 rings (SSSR count). The largest absolute Gasteiger partial charge is 0.463 e. The van der Waals surface area contributed by atoms with Crippen LogP contribution in [-0.2, 0) is 54.3 Å². The van der Waals surface area contributed by atoms with E-state index >= 15 is 0 Å². The minimum absolute atomic E-state index is 0.0116. The number of carbonyl (C=O) groups is 5. The summed E-state index contributed by atoms with van der Waals surface area (Å²) in [4.78, 5) is 68.9. The van der Waals surface area contributed by atoms with Crippen LogP contribution >= 0.6 is 0 Å². The average molecular weight is 596 g/mol. The number of aryl methyl sites for hydroxylation is 1. The highest BCUT2D eigenvalue weighted by Crippen LogP contribution is 2.33. The molecule has 2 aliphatic rings. The molecular weight excluding hydrogens is 562 g/mol. The maximum atomic E-state index is 13.7. The molecule has 228 valence electrons. The molecule has 0 spiro atoms. The van der Waals surface area contributed by atoms with Crippen molar-refractivity contribution in [1.29, 1.82) is 0 Å². The molecule has 1 N–H and O–H groups in total. The van der Waals surface area contributed by atoms with Gasteiger partial charge in [0.2, 0.25) is 5.91 Å². The molecule has 0 aliphatic carbocycles. The maximum absolute atomic E-state index is 13.7. The number of carbonyl (C=O) groups excluding carboxylic acids is 5. The minimum Gasteiger partial charge on any atom is -0.463 e. The molecule has 0 saturated carbocycles. The van der Waals surface area contributed by atoms with E-state index in [0.29, 0.717) is 11.3 Å². The zero-order valence-corrected chi connectivity index (χ0v) is 24.4. The van der Waals surface area contributed by atoms with Gasteiger partial charge in [0.15, 0.2) is 17.9 Å². The molecule has 0 bridgehead atoms. The summed E-state index contributed by atoms with van der Waals surface area (Å²) >= 11 is 0. The Morgan fingerprint density at radius 3 is 2.23 bits per heavy atom. The fourth-order valence-corrected chi connectivity index (χ4v) is 4.92. The summed E-state index contributed by atoms with van der Waals surface area (Å²) in [7, 11) is 0. The Kier molecular flexibility index (Phi) is 9.76. The molecule has 2 heterocycles. The zero-order chi connectivity index (χ0) is 31.3. The number of rotatable bonds is 9. The SMILES string of the molecule is CC(=O)N[C@@H]1[C@H](ON=C2C(=O)N(Cc3ccccc3)c3ccc(C)cc32)O[C@H](COC(C)=O)[C@@H](OC(C)=O)[C@@H]1OC(C)=O. The van der Waals surface area contributed by atoms with Crippen LogP contribution < -0.4 is 10.2 Å². The Morgan fingerprint density at radius 2 is 1.60 bits per heavy atom. The molecule has 5 atom stereocenters. The van der Waals surface area contributed by atoms with Gasteiger partial charge in [-0.05, 0) is 24.6 Å². The predicted octanol–water partition coefficient (Wildman–Crippen LogP) is 1.92. The van der Waals surface area contributed by atoms with Crippen molar-refractivity contribution in [2.75, 3.05) is 11.5 Å². The third-order valence-corrected chi connectivity index (χ3v) is 6.65. The lowest BCUT2D eigenvalue weighted by atomic mass is 9.96. The number of oxime groups is 1. The van der Waals surface area contributed by atoms with Gasteiger partial charge in [-0.2, -0.15) is 0 Å². The van der Waals surface area contributed by atoms with Crippen molar-refractivity contribution in [3.63, 3.8) is 0 Å². The van der Waals surface area contributed by atoms with Gasteiger partial charge in [-0.15, -0.1) is 0 Å². The van der Waals surface area contributed by atoms with Gasteiger partial charge in [0.05, 0.1) is 12.2 Å². The van der Waals surface area contributed by atoms with E-state index in [2.05, 4.69) is 10.5 Å². The first kappa shape index (κ1) is 31.2. The van der Waals surface area contributed by atoms with Crippen LogP contribution in [0.4, 0.5) is 5.69 Å². The van der Waals surface area contributed by atoms with Crippen molar-refractivity contribution in [3.8, 4) is 0 Å². The van der Waals surface area contributed by atoms with E-state index in [4.69, 9.17) is 23.8 Å². The highest BCUT2D eigenvalue weighted by Gasteiger charge is 2.52. The van der Waals surface area contributed by atoms with E-state index in [1.54, 1.807) is 11.0 Å². The van der Waals surface area contributed by atoms with Crippen LogP contribution in [-0.4, -0.2) is 72.7 Å². The Morgan fingerprint density at radius 1 is 0.930 bits per heavy atom. The number of ether oxygens (including phenoxy) is 4. The number of nitrogens with zero attached hydrogens (tertiary/aromatic N) is 2. The van der Waals surface area contributed by atoms with E-state index < -0.39 is 67.0 Å². The monoisotopic (exact) mass is 595 g/mol. The summed E-state index contributed by atoms with van der Waals surface area (Å²) < 4.78 is 22.0. The van der Waals surface area contributed by atoms with Crippen LogP contribution in [0.15, 0.2) is 53.7 Å². The lowest BCUT2D eigenvalue weighted by Crippen LogP contribution is -2.66. The topological polar surface area (TPSA) is 159 Å². The number of esters is 3. The van der Waals surface area contributed by atoms with Crippen LogP contribution in [0.5, 0.6) is 0 Å². The van der Waals surface area contributed by atoms with Crippen LogP contribution in [0.2, 0.25) is 0 Å². The van der Waals surface area contributed by atoms with Crippen molar-refractivity contribution < 1.29 is 47.8 Å². The van der Waals surface area contributed by atoms with Gasteiger partial charge in [-0.1, -0.05) is 47.1 Å². The highest BCUT2D eigenvalue weighted by molar-refractivity contribution is 6.54. The molecule has 13 heteroatoms. The average Bonchev–Trinajstić information content (AvgIpc) is 3.18. The number of hydrogen-bond donors (Lipinski definition) is 1. The third kappa shape index (κ3) is 7.55. The Hall–Kier alpha value is -4.78. The standard InChI is InChI=1S/C30H33N3O10/c1-16-11-12-23-22(13-16)25(29(38)33(23)14-21-9-7-6-8-10-21)32-43-30-26(31-17(2)34)28(41-20(5)37)27(40-19(4)36)24(42-30)15-39-18(3)35/h6-13,24,26-28,30H,14-15H2,1-5H3,(H,31,34)/t24-,26+,27-,28-,30+/m1/s1. The van der Waals surface area contributed by atoms with Gasteiger partial charge in [0, 0.05) is 33.3 Å². The Labute approximate surface area is 248 Å². The smallest absolute Gasteiger partial charge is 0.303 e. The number of amides is 2. The van der Waals surface area contributed by atoms with Crippen LogP contribution in [0.1, 0.15) is 44.4 Å². The maximum Gasteiger partial charge on any atom is 0.303 e. The fraction of sp³-hybridized carbons (Fsp3) is 0.400. The minimum atomic E-state index is -1.46. The first-order valence-corrected chi connectivity index (χ1v) is 13.6. The first-order valence-electron chi connectivity index (χ1n) is 13.6. The van der Waals surface area contributed by atoms with E-state index in [1.165, 1.54) is 13.8 Å². The van der Waals surface area contributed by atoms with E-state index in [9.17, 15) is 24.0 Å². The van der Waals surface area contributed by atoms with Gasteiger partial charge < -0.3 is 34.0 Å². The highest BCUT2D eigenvalue weighted by atomic mass is 16.8. The molecule has 2 aromatic rings. The molecule has 0 aromatic heterocycles. The van der Waals surface area contributed by atoms with Crippen LogP contribution in [0, 0.1) is 6.92 Å². The number of anilines is 1. The molecule has 0 unspecified atom stereocenters. The normalized spacial score (nSPS) is 23.7. The molecule has 1 saturated heterocycles. The fourth-order valence-electron chi connectivity index (χ4n) is 4.92. The Bertz CT molecular complexity index is 1430. The van der Waals surface area contributed by atoms with Crippen LogP contribution in [0.25, 0.3) is 0 Å². The van der Waals surface area contributed by atoms with E-state index in [1.807, 2.05) is 49.4 Å². The van der Waals surface area contributed by atoms with E-state index in [-0.39, 0.29) is 12.3 Å². The molecule has 43 heavy (non-hydrogen) atoms. The van der Waals surface area contributed by atoms with Gasteiger partial charge in [-0.25, -0.2) is 0 Å². The predicted molar refractivity (Wildman–Crippen MR) is 150 cm³/mol. The summed E-state index contributed by atoms with van der Waals surface area (Å²) in [5.41, 5.74) is 2.93. The number of benzene rings is 2. The summed E-state index contributed by atoms with van der Waals surface area (Å²) in [5.74, 6) is -3.09. The molecule has 0 radical (unpaired) electrons. The number of hydrogen-bond acceptors (Lipinski definition) is 11. The summed E-state index contributed by atoms with van der Waals surface area (Å²) in [6, 6.07) is 13.7. The first-order chi connectivity index (χ1) is 20.4. The summed E-state index contributed by atoms with van der Waals surface area (Å²) in [6.07, 6.45) is -5.26. The van der Waals surface area contributed by atoms with Crippen molar-refractivity contribution in [1.82, 2.24) is 5.32 Å². The van der Waals surface area contributed by atoms with Gasteiger partial charge >= 0.3 is 17.9 Å². The molecule has 2 aromatic carbocycles. The molecule has 2 aliphatic heterocycles. The van der Waals surface area contributed by atoms with Crippen molar-refractivity contribution >= 4 is 41.1 Å². The lowest BCUT2D eigenvalue weighted by Gasteiger charge is -2.43. The second-order valence-corrected chi connectivity index (χ2v) is 10.2. The quantitative estimate of drug-likeness (QED) is 0.258. The van der Waals surface area contributed by atoms with Crippen molar-refractivity contribution in [2.45, 2.75) is 71.8 Å². The van der Waals surface area contributed by atoms with Crippen LogP contribution in [0.3, 0.4) is 0 Å². The summed E-state index contributed by atoms with van der Waals surface area (Å²) in [6.45, 7) is 6.44. The third-order valence-electron chi connectivity index (χ3n) is 6.65. The van der Waals surface area contributed by atoms with Crippen molar-refractivity contribution in [3.05, 3.63) is 65.2 Å². The van der Waals surface area contributed by atoms with Gasteiger partial charge in [0.1, 0.15) is 18.8 Å². The molecular formula is C30H33N3O10. The second kappa shape index (κ2) is 13.5. The molecule has 1 fully saturated rings. The molecule has 13 nitrogen and oxygen atoms in total. The Balaban J connectivity index is 1.71. The molecule has 2 amide bonds. The van der Waals surface area contributed by atoms with Crippen molar-refractivity contribution in [2.24, 2.45) is 5.16 Å². The number of fused-ring (bicyclic) bond motifs is 1. The second-order valence-electron chi connectivity index (χ2n) is 10.2.